The Balaban J connectivity index is 1.60. The number of nitriles is 1. The number of methoxy groups -OCH3 is 1. The first kappa shape index (κ1) is 21.2. The second kappa shape index (κ2) is 7.93. The van der Waals surface area contributed by atoms with Crippen LogP contribution in [0.15, 0.2) is 41.2 Å². The number of hydrogen-bond acceptors (Lipinski definition) is 5. The summed E-state index contributed by atoms with van der Waals surface area (Å²) < 4.78 is 50.8. The van der Waals surface area contributed by atoms with Gasteiger partial charge in [-0.15, -0.1) is 0 Å². The van der Waals surface area contributed by atoms with E-state index in [9.17, 15) is 18.0 Å². The summed E-state index contributed by atoms with van der Waals surface area (Å²) in [6.07, 6.45) is -1.05. The maximum atomic E-state index is 13.4. The van der Waals surface area contributed by atoms with E-state index in [1.807, 2.05) is 4.90 Å². The van der Waals surface area contributed by atoms with E-state index in [-0.39, 0.29) is 17.2 Å². The van der Waals surface area contributed by atoms with Gasteiger partial charge >= 0.3 is 6.18 Å². The van der Waals surface area contributed by atoms with Gasteiger partial charge in [-0.05, 0) is 30.7 Å². The van der Waals surface area contributed by atoms with Crippen LogP contribution in [0.4, 0.5) is 18.9 Å². The van der Waals surface area contributed by atoms with Gasteiger partial charge in [-0.1, -0.05) is 0 Å². The fraction of sp³-hybridized carbons (Fsp3) is 0.455. The minimum Gasteiger partial charge on any atom is -0.472 e. The second-order valence-corrected chi connectivity index (χ2v) is 8.23. The quantitative estimate of drug-likeness (QED) is 0.734. The molecule has 31 heavy (non-hydrogen) atoms. The van der Waals surface area contributed by atoms with Gasteiger partial charge < -0.3 is 19.0 Å². The molecule has 6 nitrogen and oxygen atoms in total. The Labute approximate surface area is 177 Å². The van der Waals surface area contributed by atoms with Crippen molar-refractivity contribution in [2.24, 2.45) is 11.3 Å². The summed E-state index contributed by atoms with van der Waals surface area (Å²) in [5.41, 5.74) is -0.676. The molecule has 1 amide bonds. The summed E-state index contributed by atoms with van der Waals surface area (Å²) in [6, 6.07) is 7.06. The van der Waals surface area contributed by atoms with Crippen LogP contribution in [0.25, 0.3) is 0 Å². The molecule has 3 heterocycles. The van der Waals surface area contributed by atoms with Crippen LogP contribution in [0.2, 0.25) is 0 Å². The number of rotatable bonds is 4. The van der Waals surface area contributed by atoms with E-state index in [2.05, 4.69) is 0 Å². The molecule has 164 valence electrons. The Kier molecular flexibility index (Phi) is 5.43. The largest absolute Gasteiger partial charge is 0.472 e. The number of carbonyl (C=O) groups excluding carboxylic acids is 1. The molecular formula is C22H22F3N3O3. The molecule has 2 fully saturated rings. The summed E-state index contributed by atoms with van der Waals surface area (Å²) >= 11 is 0. The van der Waals surface area contributed by atoms with Gasteiger partial charge in [-0.25, -0.2) is 0 Å². The van der Waals surface area contributed by atoms with Crippen molar-refractivity contribution < 1.29 is 27.1 Å². The lowest BCUT2D eigenvalue weighted by Gasteiger charge is -2.42. The number of anilines is 1. The van der Waals surface area contributed by atoms with Crippen molar-refractivity contribution in [1.82, 2.24) is 4.90 Å². The fourth-order valence-corrected chi connectivity index (χ4v) is 4.82. The number of nitrogens with zero attached hydrogens (tertiary/aromatic N) is 3. The van der Waals surface area contributed by atoms with Crippen molar-refractivity contribution in [3.8, 4) is 6.07 Å². The van der Waals surface area contributed by atoms with Crippen molar-refractivity contribution in [3.05, 3.63) is 53.5 Å². The number of benzene rings is 1. The smallest absolute Gasteiger partial charge is 0.417 e. The lowest BCUT2D eigenvalue weighted by Crippen LogP contribution is -2.50. The number of amides is 1. The maximum Gasteiger partial charge on any atom is 0.417 e. The zero-order chi connectivity index (χ0) is 22.2. The summed E-state index contributed by atoms with van der Waals surface area (Å²) in [4.78, 5) is 16.4. The predicted molar refractivity (Wildman–Crippen MR) is 105 cm³/mol. The predicted octanol–water partition coefficient (Wildman–Crippen LogP) is 3.79. The normalized spacial score (nSPS) is 23.5. The highest BCUT2D eigenvalue weighted by Crippen LogP contribution is 2.45. The molecule has 1 aromatic carbocycles. The Morgan fingerprint density at radius 3 is 2.81 bits per heavy atom. The average molecular weight is 433 g/mol. The van der Waals surface area contributed by atoms with Gasteiger partial charge in [0.2, 0.25) is 0 Å². The number of fused-ring (bicyclic) bond motifs is 1. The van der Waals surface area contributed by atoms with E-state index >= 15 is 0 Å². The van der Waals surface area contributed by atoms with Gasteiger partial charge in [0, 0.05) is 50.3 Å². The van der Waals surface area contributed by atoms with Crippen LogP contribution >= 0.6 is 0 Å². The van der Waals surface area contributed by atoms with Gasteiger partial charge in [0.05, 0.1) is 35.6 Å². The summed E-state index contributed by atoms with van der Waals surface area (Å²) in [5, 5.41) is 9.05. The average Bonchev–Trinajstić information content (AvgIpc) is 3.40. The number of carbonyl (C=O) groups is 1. The second-order valence-electron chi connectivity index (χ2n) is 8.23. The summed E-state index contributed by atoms with van der Waals surface area (Å²) in [5.74, 6) is -0.0713. The lowest BCUT2D eigenvalue weighted by molar-refractivity contribution is -0.137. The molecule has 2 aliphatic heterocycles. The Morgan fingerprint density at radius 1 is 1.35 bits per heavy atom. The lowest BCUT2D eigenvalue weighted by atomic mass is 9.73. The van der Waals surface area contributed by atoms with E-state index < -0.39 is 17.3 Å². The van der Waals surface area contributed by atoms with E-state index in [4.69, 9.17) is 14.4 Å². The highest BCUT2D eigenvalue weighted by atomic mass is 19.4. The minimum atomic E-state index is -4.61. The zero-order valence-corrected chi connectivity index (χ0v) is 17.0. The van der Waals surface area contributed by atoms with Crippen molar-refractivity contribution >= 4 is 11.6 Å². The van der Waals surface area contributed by atoms with E-state index in [1.165, 1.54) is 18.6 Å². The number of halogens is 3. The van der Waals surface area contributed by atoms with E-state index in [0.29, 0.717) is 50.5 Å². The molecule has 2 atom stereocenters. The van der Waals surface area contributed by atoms with Crippen LogP contribution in [0.5, 0.6) is 0 Å². The first-order valence-electron chi connectivity index (χ1n) is 9.94. The molecule has 0 spiro atoms. The standard InChI is InChI=1S/C22H22F3N3O3/c1-30-14-21-5-6-27(20(29)16-4-7-31-12-16)10-17(21)11-28(13-21)18-3-2-15(9-26)19(8-18)22(23,24)25/h2-4,7-8,12,17H,5-6,10-11,13-14H2,1H3/t17-,21+/m1/s1. The molecule has 0 unspecified atom stereocenters. The van der Waals surface area contributed by atoms with Crippen LogP contribution in [-0.2, 0) is 10.9 Å². The molecule has 0 aliphatic carbocycles. The van der Waals surface area contributed by atoms with Crippen LogP contribution in [-0.4, -0.2) is 50.7 Å². The van der Waals surface area contributed by atoms with E-state index in [0.717, 1.165) is 6.07 Å². The number of hydrogen-bond donors (Lipinski definition) is 0. The molecule has 2 aliphatic rings. The van der Waals surface area contributed by atoms with Gasteiger partial charge in [0.1, 0.15) is 6.26 Å². The third kappa shape index (κ3) is 3.88. The molecule has 0 bridgehead atoms. The van der Waals surface area contributed by atoms with Gasteiger partial charge in [-0.3, -0.25) is 4.79 Å². The molecule has 0 saturated carbocycles. The van der Waals surface area contributed by atoms with Crippen LogP contribution in [0.3, 0.4) is 0 Å². The van der Waals surface area contributed by atoms with Crippen LogP contribution in [0.1, 0.15) is 27.9 Å². The number of ether oxygens (including phenoxy) is 1. The summed E-state index contributed by atoms with van der Waals surface area (Å²) in [6.45, 7) is 2.53. The SMILES string of the molecule is COC[C@@]12CCN(C(=O)c3ccoc3)C[C@@H]1CN(c1ccc(C#N)c(C(F)(F)F)c1)C2. The number of piperidine rings is 1. The third-order valence-corrected chi connectivity index (χ3v) is 6.41. The number of likely N-dealkylation sites (tertiary alicyclic amines) is 1. The molecular weight excluding hydrogens is 411 g/mol. The molecule has 9 heteroatoms. The fourth-order valence-electron chi connectivity index (χ4n) is 4.82. The number of furan rings is 1. The molecule has 0 N–H and O–H groups in total. The molecule has 4 rings (SSSR count). The zero-order valence-electron chi connectivity index (χ0n) is 17.0. The molecule has 2 saturated heterocycles. The van der Waals surface area contributed by atoms with Crippen LogP contribution in [0, 0.1) is 22.7 Å². The molecule has 2 aromatic rings. The summed E-state index contributed by atoms with van der Waals surface area (Å²) in [7, 11) is 1.61. The van der Waals surface area contributed by atoms with E-state index in [1.54, 1.807) is 30.2 Å². The number of alkyl halides is 3. The Morgan fingerprint density at radius 2 is 2.16 bits per heavy atom. The van der Waals surface area contributed by atoms with Crippen molar-refractivity contribution in [3.63, 3.8) is 0 Å². The van der Waals surface area contributed by atoms with Crippen molar-refractivity contribution in [2.75, 3.05) is 44.8 Å². The van der Waals surface area contributed by atoms with Gasteiger partial charge in [0.15, 0.2) is 0 Å². The third-order valence-electron chi connectivity index (χ3n) is 6.41. The van der Waals surface area contributed by atoms with Crippen molar-refractivity contribution in [2.45, 2.75) is 12.6 Å². The Hall–Kier alpha value is -2.99. The first-order chi connectivity index (χ1) is 14.8. The monoisotopic (exact) mass is 433 g/mol. The highest BCUT2D eigenvalue weighted by molar-refractivity contribution is 5.93. The van der Waals surface area contributed by atoms with Crippen molar-refractivity contribution in [1.29, 1.82) is 5.26 Å². The maximum absolute atomic E-state index is 13.4. The van der Waals surface area contributed by atoms with Crippen LogP contribution < -0.4 is 4.90 Å². The molecule has 0 radical (unpaired) electrons. The molecule has 1 aromatic heterocycles. The minimum absolute atomic E-state index is 0.0435. The Bertz CT molecular complexity index is 1000. The highest BCUT2D eigenvalue weighted by Gasteiger charge is 2.50. The first-order valence-corrected chi connectivity index (χ1v) is 9.94. The topological polar surface area (TPSA) is 69.7 Å². The van der Waals surface area contributed by atoms with Gasteiger partial charge in [-0.2, -0.15) is 18.4 Å². The van der Waals surface area contributed by atoms with Gasteiger partial charge in [0.25, 0.3) is 5.91 Å².